The molecule has 4 aromatic carbocycles. The predicted molar refractivity (Wildman–Crippen MR) is 138 cm³/mol. The first-order chi connectivity index (χ1) is 15.8. The molecule has 0 amide bonds. The van der Waals surface area contributed by atoms with Crippen molar-refractivity contribution in [3.05, 3.63) is 127 Å². The molecule has 1 aliphatic rings. The highest BCUT2D eigenvalue weighted by molar-refractivity contribution is 5.81. The summed E-state index contributed by atoms with van der Waals surface area (Å²) in [4.78, 5) is 0. The highest BCUT2D eigenvalue weighted by atomic mass is 14.9. The summed E-state index contributed by atoms with van der Waals surface area (Å²) in [7, 11) is 0. The Morgan fingerprint density at radius 2 is 1.19 bits per heavy atom. The Labute approximate surface area is 190 Å². The summed E-state index contributed by atoms with van der Waals surface area (Å²) in [5.74, 6) is 0.579. The monoisotopic (exact) mass is 413 g/mol. The lowest BCUT2D eigenvalue weighted by Gasteiger charge is -2.19. The lowest BCUT2D eigenvalue weighted by Crippen LogP contribution is -2.00. The van der Waals surface area contributed by atoms with E-state index in [-0.39, 0.29) is 0 Å². The molecule has 4 aromatic rings. The molecule has 0 spiro atoms. The topological polar surface area (TPSA) is 12.0 Å². The van der Waals surface area contributed by atoms with Gasteiger partial charge in [0, 0.05) is 16.9 Å². The molecule has 156 valence electrons. The second kappa shape index (κ2) is 9.11. The van der Waals surface area contributed by atoms with E-state index in [0.717, 1.165) is 17.8 Å². The van der Waals surface area contributed by atoms with E-state index >= 15 is 0 Å². The van der Waals surface area contributed by atoms with Crippen molar-refractivity contribution in [3.63, 3.8) is 0 Å². The van der Waals surface area contributed by atoms with Crippen LogP contribution >= 0.6 is 0 Å². The Morgan fingerprint density at radius 3 is 1.84 bits per heavy atom. The molecule has 32 heavy (non-hydrogen) atoms. The average molecular weight is 414 g/mol. The fraction of sp³-hybridized carbons (Fsp3) is 0.0968. The smallest absolute Gasteiger partial charge is 0.0460 e. The van der Waals surface area contributed by atoms with Crippen molar-refractivity contribution in [1.29, 1.82) is 0 Å². The first kappa shape index (κ1) is 20.1. The van der Waals surface area contributed by atoms with Crippen LogP contribution in [0.5, 0.6) is 0 Å². The van der Waals surface area contributed by atoms with Gasteiger partial charge in [-0.1, -0.05) is 110 Å². The molecule has 1 aliphatic carbocycles. The second-order valence-corrected chi connectivity index (χ2v) is 8.45. The first-order valence-electron chi connectivity index (χ1n) is 11.3. The Hall–Kier alpha value is -3.84. The standard InChI is InChI=1S/C31H27N/c1-23-8-7-11-28(22-23)30-12-5-6-13-31(30)32-29-20-18-27(19-21-29)26-16-14-25(15-17-26)24-9-3-2-4-10-24/h2-21,23,32H,22H2,1H3. The number of nitrogens with one attached hydrogen (secondary N) is 1. The molecule has 1 nitrogen and oxygen atoms in total. The Balaban J connectivity index is 1.34. The van der Waals surface area contributed by atoms with Gasteiger partial charge in [-0.25, -0.2) is 0 Å². The Morgan fingerprint density at radius 1 is 0.625 bits per heavy atom. The van der Waals surface area contributed by atoms with Crippen molar-refractivity contribution < 1.29 is 0 Å². The minimum Gasteiger partial charge on any atom is -0.355 e. The fourth-order valence-corrected chi connectivity index (χ4v) is 4.30. The van der Waals surface area contributed by atoms with Gasteiger partial charge in [-0.2, -0.15) is 0 Å². The average Bonchev–Trinajstić information content (AvgIpc) is 2.86. The highest BCUT2D eigenvalue weighted by Crippen LogP contribution is 2.33. The molecular weight excluding hydrogens is 386 g/mol. The van der Waals surface area contributed by atoms with Crippen LogP contribution in [0.4, 0.5) is 11.4 Å². The van der Waals surface area contributed by atoms with Gasteiger partial charge in [0.05, 0.1) is 0 Å². The third-order valence-corrected chi connectivity index (χ3v) is 6.04. The van der Waals surface area contributed by atoms with Crippen LogP contribution in [0.15, 0.2) is 121 Å². The van der Waals surface area contributed by atoms with Crippen LogP contribution in [0, 0.1) is 5.92 Å². The Kier molecular flexibility index (Phi) is 5.72. The molecule has 1 unspecified atom stereocenters. The van der Waals surface area contributed by atoms with Crippen molar-refractivity contribution in [2.24, 2.45) is 5.92 Å². The maximum atomic E-state index is 3.63. The van der Waals surface area contributed by atoms with Crippen molar-refractivity contribution in [1.82, 2.24) is 0 Å². The molecule has 5 rings (SSSR count). The van der Waals surface area contributed by atoms with Crippen molar-refractivity contribution in [2.75, 3.05) is 5.32 Å². The number of para-hydroxylation sites is 1. The number of hydrogen-bond donors (Lipinski definition) is 1. The van der Waals surface area contributed by atoms with Gasteiger partial charge in [0.2, 0.25) is 0 Å². The van der Waals surface area contributed by atoms with Crippen molar-refractivity contribution in [2.45, 2.75) is 13.3 Å². The zero-order valence-electron chi connectivity index (χ0n) is 18.3. The van der Waals surface area contributed by atoms with E-state index in [1.807, 2.05) is 0 Å². The number of hydrogen-bond acceptors (Lipinski definition) is 1. The number of benzene rings is 4. The maximum absolute atomic E-state index is 3.63. The summed E-state index contributed by atoms with van der Waals surface area (Å²) in [6.07, 6.45) is 7.76. The SMILES string of the molecule is CC1C=CC=C(c2ccccc2Nc2ccc(-c3ccc(-c4ccccc4)cc3)cc2)C1. The zero-order valence-corrected chi connectivity index (χ0v) is 18.3. The van der Waals surface area contributed by atoms with E-state index in [2.05, 4.69) is 134 Å². The number of anilines is 2. The van der Waals surface area contributed by atoms with Crippen LogP contribution in [0.2, 0.25) is 0 Å². The minimum absolute atomic E-state index is 0.579. The van der Waals surface area contributed by atoms with E-state index in [1.54, 1.807) is 0 Å². The summed E-state index contributed by atoms with van der Waals surface area (Å²) < 4.78 is 0. The fourth-order valence-electron chi connectivity index (χ4n) is 4.30. The van der Waals surface area contributed by atoms with Gasteiger partial charge >= 0.3 is 0 Å². The predicted octanol–water partition coefficient (Wildman–Crippen LogP) is 8.74. The van der Waals surface area contributed by atoms with Crippen molar-refractivity contribution >= 4 is 16.9 Å². The van der Waals surface area contributed by atoms with Gasteiger partial charge in [0.15, 0.2) is 0 Å². The lowest BCUT2D eigenvalue weighted by atomic mass is 9.90. The maximum Gasteiger partial charge on any atom is 0.0460 e. The number of rotatable bonds is 5. The molecular formula is C31H27N. The number of allylic oxidation sites excluding steroid dienone is 4. The summed E-state index contributed by atoms with van der Waals surface area (Å²) >= 11 is 0. The molecule has 1 atom stereocenters. The summed E-state index contributed by atoms with van der Waals surface area (Å²) in [6, 6.07) is 36.6. The van der Waals surface area contributed by atoms with Crippen LogP contribution in [0.3, 0.4) is 0 Å². The third-order valence-electron chi connectivity index (χ3n) is 6.04. The van der Waals surface area contributed by atoms with E-state index in [9.17, 15) is 0 Å². The van der Waals surface area contributed by atoms with Crippen LogP contribution in [-0.4, -0.2) is 0 Å². The molecule has 0 aromatic heterocycles. The molecule has 0 bridgehead atoms. The first-order valence-corrected chi connectivity index (χ1v) is 11.3. The highest BCUT2D eigenvalue weighted by Gasteiger charge is 2.12. The second-order valence-electron chi connectivity index (χ2n) is 8.45. The van der Waals surface area contributed by atoms with E-state index in [1.165, 1.54) is 33.4 Å². The molecule has 0 saturated heterocycles. The molecule has 0 aliphatic heterocycles. The molecule has 1 N–H and O–H groups in total. The van der Waals surface area contributed by atoms with Crippen LogP contribution in [0.1, 0.15) is 18.9 Å². The summed E-state index contributed by atoms with van der Waals surface area (Å²) in [5, 5.41) is 3.63. The van der Waals surface area contributed by atoms with Gasteiger partial charge in [0.25, 0.3) is 0 Å². The van der Waals surface area contributed by atoms with Gasteiger partial charge in [-0.05, 0) is 58.4 Å². The Bertz CT molecular complexity index is 1250. The van der Waals surface area contributed by atoms with Crippen LogP contribution in [0.25, 0.3) is 27.8 Å². The van der Waals surface area contributed by atoms with Gasteiger partial charge in [0.1, 0.15) is 0 Å². The van der Waals surface area contributed by atoms with E-state index in [0.29, 0.717) is 5.92 Å². The molecule has 0 radical (unpaired) electrons. The van der Waals surface area contributed by atoms with Crippen molar-refractivity contribution in [3.8, 4) is 22.3 Å². The molecule has 0 fully saturated rings. The summed E-state index contributed by atoms with van der Waals surface area (Å²) in [6.45, 7) is 2.27. The molecule has 0 saturated carbocycles. The molecule has 1 heteroatoms. The van der Waals surface area contributed by atoms with Gasteiger partial charge < -0.3 is 5.32 Å². The third kappa shape index (κ3) is 4.43. The normalized spacial score (nSPS) is 15.3. The van der Waals surface area contributed by atoms with Gasteiger partial charge in [-0.15, -0.1) is 0 Å². The minimum atomic E-state index is 0.579. The van der Waals surface area contributed by atoms with Gasteiger partial charge in [-0.3, -0.25) is 0 Å². The van der Waals surface area contributed by atoms with E-state index in [4.69, 9.17) is 0 Å². The van der Waals surface area contributed by atoms with E-state index < -0.39 is 0 Å². The molecule has 0 heterocycles. The van der Waals surface area contributed by atoms with Crippen LogP contribution in [-0.2, 0) is 0 Å². The lowest BCUT2D eigenvalue weighted by molar-refractivity contribution is 0.749. The zero-order chi connectivity index (χ0) is 21.8. The largest absolute Gasteiger partial charge is 0.355 e. The van der Waals surface area contributed by atoms with Crippen LogP contribution < -0.4 is 5.32 Å². The summed E-state index contributed by atoms with van der Waals surface area (Å²) in [5.41, 5.74) is 9.86. The quantitative estimate of drug-likeness (QED) is 0.345.